The molecule has 1 rings (SSSR count). The van der Waals surface area contributed by atoms with Gasteiger partial charge in [-0.1, -0.05) is 41.5 Å². The van der Waals surface area contributed by atoms with Gasteiger partial charge in [0, 0.05) is 0 Å². The first-order valence-electron chi connectivity index (χ1n) is 5.22. The highest BCUT2D eigenvalue weighted by atomic mass is 14.5. The summed E-state index contributed by atoms with van der Waals surface area (Å²) < 4.78 is 0. The number of rotatable bonds is 0. The highest BCUT2D eigenvalue weighted by Crippen LogP contribution is 2.51. The topological polar surface area (TPSA) is 0 Å². The van der Waals surface area contributed by atoms with Crippen LogP contribution in [-0.2, 0) is 0 Å². The van der Waals surface area contributed by atoms with Crippen LogP contribution in [0.3, 0.4) is 0 Å². The second-order valence-electron chi connectivity index (χ2n) is 6.52. The van der Waals surface area contributed by atoms with Gasteiger partial charge in [0.25, 0.3) is 0 Å². The van der Waals surface area contributed by atoms with Crippen LogP contribution in [0.25, 0.3) is 0 Å². The zero-order chi connectivity index (χ0) is 9.57. The molecule has 0 aliphatic heterocycles. The van der Waals surface area contributed by atoms with Gasteiger partial charge in [-0.05, 0) is 35.5 Å². The zero-order valence-electron chi connectivity index (χ0n) is 9.57. The van der Waals surface area contributed by atoms with Crippen molar-refractivity contribution in [1.82, 2.24) is 0 Å². The molecule has 1 fully saturated rings. The molecule has 0 spiro atoms. The van der Waals surface area contributed by atoms with Crippen LogP contribution in [0.5, 0.6) is 0 Å². The molecule has 1 aliphatic carbocycles. The third kappa shape index (κ3) is 2.02. The molecule has 12 heavy (non-hydrogen) atoms. The quantitative estimate of drug-likeness (QED) is 0.511. The lowest BCUT2D eigenvalue weighted by atomic mass is 9.75. The SMILES string of the molecule is CC1CC(C)(C)CC1C(C)(C)C. The van der Waals surface area contributed by atoms with Crippen LogP contribution in [0, 0.1) is 22.7 Å². The Morgan fingerprint density at radius 3 is 1.75 bits per heavy atom. The van der Waals surface area contributed by atoms with Gasteiger partial charge in [0.15, 0.2) is 0 Å². The van der Waals surface area contributed by atoms with Crippen LogP contribution >= 0.6 is 0 Å². The Kier molecular flexibility index (Phi) is 2.31. The van der Waals surface area contributed by atoms with E-state index in [1.54, 1.807) is 0 Å². The minimum Gasteiger partial charge on any atom is -0.0622 e. The summed E-state index contributed by atoms with van der Waals surface area (Å²) in [5.41, 5.74) is 1.10. The van der Waals surface area contributed by atoms with Crippen molar-refractivity contribution in [3.8, 4) is 0 Å². The zero-order valence-corrected chi connectivity index (χ0v) is 9.57. The standard InChI is InChI=1S/C12H24/c1-9-7-12(5,6)8-10(9)11(2,3)4/h9-10H,7-8H2,1-6H3. The van der Waals surface area contributed by atoms with E-state index in [1.165, 1.54) is 12.8 Å². The second-order valence-corrected chi connectivity index (χ2v) is 6.52. The van der Waals surface area contributed by atoms with Crippen molar-refractivity contribution < 1.29 is 0 Å². The Morgan fingerprint density at radius 1 is 1.08 bits per heavy atom. The van der Waals surface area contributed by atoms with Crippen molar-refractivity contribution in [3.63, 3.8) is 0 Å². The minimum absolute atomic E-state index is 0.507. The molecule has 1 aliphatic rings. The summed E-state index contributed by atoms with van der Waals surface area (Å²) in [5, 5.41) is 0. The fraction of sp³-hybridized carbons (Fsp3) is 1.00. The molecule has 0 aromatic carbocycles. The van der Waals surface area contributed by atoms with Crippen molar-refractivity contribution in [2.75, 3.05) is 0 Å². The summed E-state index contributed by atoms with van der Waals surface area (Å²) in [6, 6.07) is 0. The van der Waals surface area contributed by atoms with E-state index in [0.717, 1.165) is 11.8 Å². The summed E-state index contributed by atoms with van der Waals surface area (Å²) in [6.45, 7) is 14.4. The summed E-state index contributed by atoms with van der Waals surface area (Å²) in [4.78, 5) is 0. The van der Waals surface area contributed by atoms with Crippen molar-refractivity contribution in [2.24, 2.45) is 22.7 Å². The normalized spacial score (nSPS) is 35.5. The molecular formula is C12H24. The highest BCUT2D eigenvalue weighted by Gasteiger charge is 2.41. The summed E-state index contributed by atoms with van der Waals surface area (Å²) in [6.07, 6.45) is 2.83. The van der Waals surface area contributed by atoms with Crippen LogP contribution in [0.1, 0.15) is 54.4 Å². The van der Waals surface area contributed by atoms with Crippen LogP contribution in [0.2, 0.25) is 0 Å². The van der Waals surface area contributed by atoms with Gasteiger partial charge >= 0.3 is 0 Å². The lowest BCUT2D eigenvalue weighted by Gasteiger charge is -2.31. The van der Waals surface area contributed by atoms with Gasteiger partial charge in [0.1, 0.15) is 0 Å². The second kappa shape index (κ2) is 2.75. The maximum atomic E-state index is 2.42. The first-order valence-corrected chi connectivity index (χ1v) is 5.22. The maximum Gasteiger partial charge on any atom is -0.0334 e. The van der Waals surface area contributed by atoms with Crippen LogP contribution in [0.4, 0.5) is 0 Å². The molecule has 0 aromatic rings. The molecule has 2 atom stereocenters. The molecule has 0 heterocycles. The molecule has 0 nitrogen and oxygen atoms in total. The molecule has 0 aromatic heterocycles. The molecule has 0 N–H and O–H groups in total. The van der Waals surface area contributed by atoms with E-state index in [2.05, 4.69) is 41.5 Å². The predicted octanol–water partition coefficient (Wildman–Crippen LogP) is 4.10. The largest absolute Gasteiger partial charge is 0.0622 e. The Balaban J connectivity index is 2.71. The van der Waals surface area contributed by atoms with Gasteiger partial charge in [-0.25, -0.2) is 0 Å². The van der Waals surface area contributed by atoms with E-state index < -0.39 is 0 Å². The molecule has 0 radical (unpaired) electrons. The van der Waals surface area contributed by atoms with Gasteiger partial charge in [-0.2, -0.15) is 0 Å². The van der Waals surface area contributed by atoms with Gasteiger partial charge in [-0.3, -0.25) is 0 Å². The van der Waals surface area contributed by atoms with Gasteiger partial charge in [-0.15, -0.1) is 0 Å². The first kappa shape index (κ1) is 10.1. The average molecular weight is 168 g/mol. The number of hydrogen-bond donors (Lipinski definition) is 0. The van der Waals surface area contributed by atoms with E-state index in [4.69, 9.17) is 0 Å². The third-order valence-electron chi connectivity index (χ3n) is 3.45. The van der Waals surface area contributed by atoms with E-state index in [1.807, 2.05) is 0 Å². The predicted molar refractivity (Wildman–Crippen MR) is 55.1 cm³/mol. The van der Waals surface area contributed by atoms with Crippen molar-refractivity contribution in [3.05, 3.63) is 0 Å². The van der Waals surface area contributed by atoms with Crippen molar-refractivity contribution in [1.29, 1.82) is 0 Å². The van der Waals surface area contributed by atoms with Crippen LogP contribution in [0.15, 0.2) is 0 Å². The highest BCUT2D eigenvalue weighted by molar-refractivity contribution is 4.91. The molecule has 2 unspecified atom stereocenters. The van der Waals surface area contributed by atoms with Crippen molar-refractivity contribution in [2.45, 2.75) is 54.4 Å². The van der Waals surface area contributed by atoms with Crippen LogP contribution in [-0.4, -0.2) is 0 Å². The Bertz CT molecular complexity index is 159. The Morgan fingerprint density at radius 2 is 1.58 bits per heavy atom. The van der Waals surface area contributed by atoms with Gasteiger partial charge in [0.05, 0.1) is 0 Å². The molecule has 0 amide bonds. The molecule has 1 saturated carbocycles. The third-order valence-corrected chi connectivity index (χ3v) is 3.45. The van der Waals surface area contributed by atoms with E-state index in [-0.39, 0.29) is 0 Å². The molecule has 0 bridgehead atoms. The average Bonchev–Trinajstić information content (AvgIpc) is 2.03. The van der Waals surface area contributed by atoms with Gasteiger partial charge < -0.3 is 0 Å². The molecule has 72 valence electrons. The molecular weight excluding hydrogens is 144 g/mol. The fourth-order valence-corrected chi connectivity index (χ4v) is 3.05. The Hall–Kier alpha value is 0. The van der Waals surface area contributed by atoms with Crippen molar-refractivity contribution >= 4 is 0 Å². The van der Waals surface area contributed by atoms with E-state index >= 15 is 0 Å². The van der Waals surface area contributed by atoms with Gasteiger partial charge in [0.2, 0.25) is 0 Å². The van der Waals surface area contributed by atoms with E-state index in [0.29, 0.717) is 10.8 Å². The Labute approximate surface area is 77.7 Å². The summed E-state index contributed by atoms with van der Waals surface area (Å²) >= 11 is 0. The molecule has 0 heteroatoms. The monoisotopic (exact) mass is 168 g/mol. The lowest BCUT2D eigenvalue weighted by Crippen LogP contribution is -2.22. The minimum atomic E-state index is 0.507. The maximum absolute atomic E-state index is 2.42. The fourth-order valence-electron chi connectivity index (χ4n) is 3.05. The first-order chi connectivity index (χ1) is 5.22. The number of hydrogen-bond acceptors (Lipinski definition) is 0. The smallest absolute Gasteiger partial charge is 0.0334 e. The summed E-state index contributed by atoms with van der Waals surface area (Å²) in [5.74, 6) is 1.84. The molecule has 0 saturated heterocycles. The van der Waals surface area contributed by atoms with Crippen LogP contribution < -0.4 is 0 Å². The lowest BCUT2D eigenvalue weighted by molar-refractivity contribution is 0.189. The summed E-state index contributed by atoms with van der Waals surface area (Å²) in [7, 11) is 0. The van der Waals surface area contributed by atoms with E-state index in [9.17, 15) is 0 Å².